The fourth-order valence-electron chi connectivity index (χ4n) is 3.59. The van der Waals surface area contributed by atoms with Crippen LogP contribution in [0.4, 0.5) is 10.2 Å². The van der Waals surface area contributed by atoms with Gasteiger partial charge in [-0.1, -0.05) is 18.2 Å². The van der Waals surface area contributed by atoms with Crippen molar-refractivity contribution in [1.82, 2.24) is 14.9 Å². The second-order valence-corrected chi connectivity index (χ2v) is 7.02. The number of nitrogen functional groups attached to an aromatic ring is 1. The van der Waals surface area contributed by atoms with E-state index in [1.54, 1.807) is 24.3 Å². The van der Waals surface area contributed by atoms with Gasteiger partial charge in [0.2, 0.25) is 0 Å². The van der Waals surface area contributed by atoms with Crippen molar-refractivity contribution in [1.29, 1.82) is 0 Å². The summed E-state index contributed by atoms with van der Waals surface area (Å²) in [5, 5.41) is 0. The van der Waals surface area contributed by atoms with E-state index in [1.165, 1.54) is 18.3 Å². The van der Waals surface area contributed by atoms with Gasteiger partial charge in [-0.05, 0) is 60.7 Å². The predicted octanol–water partition coefficient (Wildman–Crippen LogP) is 3.77. The zero-order chi connectivity index (χ0) is 19.5. The Morgan fingerprint density at radius 2 is 1.82 bits per heavy atom. The Morgan fingerprint density at radius 1 is 1.04 bits per heavy atom. The lowest BCUT2D eigenvalue weighted by Gasteiger charge is -2.24. The molecule has 1 atom stereocenters. The number of halogens is 1. The van der Waals surface area contributed by atoms with Gasteiger partial charge in [0.15, 0.2) is 0 Å². The maximum absolute atomic E-state index is 13.0. The van der Waals surface area contributed by atoms with Crippen molar-refractivity contribution in [2.45, 2.75) is 25.3 Å². The molecule has 2 N–H and O–H groups in total. The molecule has 4 rings (SSSR count). The van der Waals surface area contributed by atoms with Gasteiger partial charge in [-0.3, -0.25) is 9.78 Å². The third-order valence-corrected chi connectivity index (χ3v) is 5.06. The summed E-state index contributed by atoms with van der Waals surface area (Å²) < 4.78 is 13.0. The normalized spacial score (nSPS) is 16.3. The Hall–Kier alpha value is -3.28. The molecule has 3 aromatic rings. The molecule has 142 valence electrons. The molecule has 0 saturated carbocycles. The van der Waals surface area contributed by atoms with Gasteiger partial charge in [-0.15, -0.1) is 0 Å². The van der Waals surface area contributed by atoms with E-state index in [-0.39, 0.29) is 17.8 Å². The first-order valence-electron chi connectivity index (χ1n) is 9.32. The highest BCUT2D eigenvalue weighted by atomic mass is 19.1. The average Bonchev–Trinajstić information content (AvgIpc) is 3.20. The number of hydrogen-bond donors (Lipinski definition) is 1. The zero-order valence-corrected chi connectivity index (χ0v) is 15.4. The minimum Gasteiger partial charge on any atom is -0.384 e. The number of benzene rings is 1. The van der Waals surface area contributed by atoms with Gasteiger partial charge >= 0.3 is 0 Å². The van der Waals surface area contributed by atoms with Gasteiger partial charge in [-0.25, -0.2) is 9.37 Å². The van der Waals surface area contributed by atoms with Crippen LogP contribution < -0.4 is 5.73 Å². The fraction of sp³-hybridized carbons (Fsp3) is 0.227. The van der Waals surface area contributed by atoms with E-state index in [2.05, 4.69) is 9.97 Å². The lowest BCUT2D eigenvalue weighted by atomic mass is 10.0. The third kappa shape index (κ3) is 3.86. The molecule has 1 saturated heterocycles. The van der Waals surface area contributed by atoms with Crippen molar-refractivity contribution in [3.63, 3.8) is 0 Å². The highest BCUT2D eigenvalue weighted by Gasteiger charge is 2.31. The van der Waals surface area contributed by atoms with Crippen LogP contribution in [-0.2, 0) is 6.42 Å². The van der Waals surface area contributed by atoms with Gasteiger partial charge in [-0.2, -0.15) is 0 Å². The van der Waals surface area contributed by atoms with Crippen molar-refractivity contribution >= 4 is 11.7 Å². The molecule has 0 spiro atoms. The van der Waals surface area contributed by atoms with E-state index >= 15 is 0 Å². The van der Waals surface area contributed by atoms with Gasteiger partial charge < -0.3 is 10.6 Å². The summed E-state index contributed by atoms with van der Waals surface area (Å²) in [5.41, 5.74) is 9.11. The first-order chi connectivity index (χ1) is 13.6. The summed E-state index contributed by atoms with van der Waals surface area (Å²) in [7, 11) is 0. The van der Waals surface area contributed by atoms with Gasteiger partial charge in [0.1, 0.15) is 11.6 Å². The molecule has 1 aliphatic heterocycles. The van der Waals surface area contributed by atoms with Gasteiger partial charge in [0, 0.05) is 18.9 Å². The van der Waals surface area contributed by atoms with E-state index in [1.807, 2.05) is 23.2 Å². The molecule has 1 fully saturated rings. The first-order valence-corrected chi connectivity index (χ1v) is 9.32. The highest BCUT2D eigenvalue weighted by molar-refractivity contribution is 5.94. The van der Waals surface area contributed by atoms with Crippen LogP contribution in [-0.4, -0.2) is 27.3 Å². The van der Waals surface area contributed by atoms with Crippen LogP contribution in [0, 0.1) is 5.82 Å². The number of nitrogens with two attached hydrogens (primary N) is 1. The number of hydrogen-bond acceptors (Lipinski definition) is 4. The van der Waals surface area contributed by atoms with E-state index < -0.39 is 0 Å². The second-order valence-electron chi connectivity index (χ2n) is 7.02. The number of pyridine rings is 2. The number of nitrogens with zero attached hydrogens (tertiary/aromatic N) is 3. The number of carbonyl (C=O) groups excluding carboxylic acids is 1. The molecule has 1 amide bonds. The van der Waals surface area contributed by atoms with E-state index in [4.69, 9.17) is 5.73 Å². The Bertz CT molecular complexity index is 955. The molecule has 0 aliphatic carbocycles. The maximum atomic E-state index is 13.0. The summed E-state index contributed by atoms with van der Waals surface area (Å²) in [4.78, 5) is 23.3. The molecule has 1 aliphatic rings. The molecule has 3 heterocycles. The Morgan fingerprint density at radius 3 is 2.50 bits per heavy atom. The van der Waals surface area contributed by atoms with Crippen molar-refractivity contribution in [2.75, 3.05) is 12.3 Å². The first kappa shape index (κ1) is 18.1. The summed E-state index contributed by atoms with van der Waals surface area (Å²) in [6.45, 7) is 0.701. The van der Waals surface area contributed by atoms with Crippen LogP contribution >= 0.6 is 0 Å². The van der Waals surface area contributed by atoms with E-state index in [0.717, 1.165) is 29.7 Å². The van der Waals surface area contributed by atoms with Crippen LogP contribution in [0.2, 0.25) is 0 Å². The molecule has 0 bridgehead atoms. The summed E-state index contributed by atoms with van der Waals surface area (Å²) in [6.07, 6.45) is 5.88. The molecule has 28 heavy (non-hydrogen) atoms. The van der Waals surface area contributed by atoms with Gasteiger partial charge in [0.05, 0.1) is 17.3 Å². The maximum Gasteiger partial charge on any atom is 0.255 e. The molecule has 5 nitrogen and oxygen atoms in total. The monoisotopic (exact) mass is 376 g/mol. The third-order valence-electron chi connectivity index (χ3n) is 5.06. The molecule has 0 unspecified atom stereocenters. The minimum atomic E-state index is -0.237. The molecular weight excluding hydrogens is 355 g/mol. The number of amides is 1. The lowest BCUT2D eigenvalue weighted by molar-refractivity contribution is 0.0732. The van der Waals surface area contributed by atoms with Crippen LogP contribution in [0.3, 0.4) is 0 Å². The smallest absolute Gasteiger partial charge is 0.255 e. The summed E-state index contributed by atoms with van der Waals surface area (Å²) >= 11 is 0. The highest BCUT2D eigenvalue weighted by Crippen LogP contribution is 2.32. The van der Waals surface area contributed by atoms with E-state index in [9.17, 15) is 9.18 Å². The topological polar surface area (TPSA) is 72.1 Å². The van der Waals surface area contributed by atoms with Crippen LogP contribution in [0.5, 0.6) is 0 Å². The van der Waals surface area contributed by atoms with Crippen LogP contribution in [0.1, 0.15) is 46.1 Å². The number of rotatable bonds is 4. The van der Waals surface area contributed by atoms with Crippen molar-refractivity contribution in [2.24, 2.45) is 0 Å². The molecule has 1 aromatic carbocycles. The number of likely N-dealkylation sites (tertiary alicyclic amines) is 1. The minimum absolute atomic E-state index is 0.0371. The van der Waals surface area contributed by atoms with Crippen LogP contribution in [0.15, 0.2) is 60.9 Å². The zero-order valence-electron chi connectivity index (χ0n) is 15.4. The Kier molecular flexibility index (Phi) is 5.02. The molecular formula is C22H21FN4O. The summed E-state index contributed by atoms with van der Waals surface area (Å²) in [6, 6.07) is 13.8. The molecule has 0 radical (unpaired) electrons. The number of aromatic nitrogens is 2. The van der Waals surface area contributed by atoms with Crippen LogP contribution in [0.25, 0.3) is 0 Å². The summed E-state index contributed by atoms with van der Waals surface area (Å²) in [5.74, 6) is 0.111. The average molecular weight is 376 g/mol. The fourth-order valence-corrected chi connectivity index (χ4v) is 3.59. The molecule has 2 aromatic heterocycles. The number of carbonyl (C=O) groups is 1. The molecule has 6 heteroatoms. The SMILES string of the molecule is Nc1ccc(C(=O)N2CCC[C@@H]2c2ccc(Cc3ccc(F)cc3)cn2)cn1. The predicted molar refractivity (Wildman–Crippen MR) is 105 cm³/mol. The van der Waals surface area contributed by atoms with Gasteiger partial charge in [0.25, 0.3) is 5.91 Å². The quantitative estimate of drug-likeness (QED) is 0.752. The lowest BCUT2D eigenvalue weighted by Crippen LogP contribution is -2.31. The second kappa shape index (κ2) is 7.76. The standard InChI is InChI=1S/C22H21FN4O/c23-18-7-3-15(4-8-18)12-16-5-9-19(25-13-16)20-2-1-11-27(20)22(28)17-6-10-21(24)26-14-17/h3-10,13-14,20H,1-2,11-12H2,(H2,24,26)/t20-/m1/s1. The van der Waals surface area contributed by atoms with E-state index in [0.29, 0.717) is 24.3 Å². The van der Waals surface area contributed by atoms with Crippen molar-refractivity contribution < 1.29 is 9.18 Å². The Balaban J connectivity index is 1.49. The van der Waals surface area contributed by atoms with Crippen molar-refractivity contribution in [3.8, 4) is 0 Å². The Labute approximate surface area is 163 Å². The number of anilines is 1. The van der Waals surface area contributed by atoms with Crippen molar-refractivity contribution in [3.05, 3.63) is 89.1 Å². The largest absolute Gasteiger partial charge is 0.384 e.